The van der Waals surface area contributed by atoms with Crippen LogP contribution in [-0.2, 0) is 9.53 Å². The second kappa shape index (κ2) is 6.23. The fourth-order valence-corrected chi connectivity index (χ4v) is 2.25. The van der Waals surface area contributed by atoms with Crippen molar-refractivity contribution < 1.29 is 19.4 Å². The first-order valence-corrected chi connectivity index (χ1v) is 6.57. The Balaban J connectivity index is 2.59. The van der Waals surface area contributed by atoms with Gasteiger partial charge in [0.1, 0.15) is 5.60 Å². The summed E-state index contributed by atoms with van der Waals surface area (Å²) in [7, 11) is 1.96. The average molecular weight is 272 g/mol. The van der Waals surface area contributed by atoms with Crippen molar-refractivity contribution in [1.29, 1.82) is 0 Å². The summed E-state index contributed by atoms with van der Waals surface area (Å²) in [6.07, 6.45) is 0.362. The number of likely N-dealkylation sites (tertiary alicyclic amines) is 1. The highest BCUT2D eigenvalue weighted by Crippen LogP contribution is 2.21. The SMILES string of the molecule is CN1CC[C@@H](CC(=O)O)[C@H](NC(=O)OC(C)(C)C)C1. The summed E-state index contributed by atoms with van der Waals surface area (Å²) >= 11 is 0. The number of carbonyl (C=O) groups excluding carboxylic acids is 1. The van der Waals surface area contributed by atoms with E-state index in [1.165, 1.54) is 0 Å². The molecule has 1 aliphatic rings. The molecule has 1 amide bonds. The minimum absolute atomic E-state index is 0.0405. The van der Waals surface area contributed by atoms with Gasteiger partial charge in [0.15, 0.2) is 0 Å². The van der Waals surface area contributed by atoms with Crippen LogP contribution in [0.25, 0.3) is 0 Å². The number of nitrogens with zero attached hydrogens (tertiary/aromatic N) is 1. The fraction of sp³-hybridized carbons (Fsp3) is 0.846. The van der Waals surface area contributed by atoms with Crippen LogP contribution in [0.2, 0.25) is 0 Å². The number of alkyl carbamates (subject to hydrolysis) is 1. The molecule has 0 aromatic carbocycles. The lowest BCUT2D eigenvalue weighted by Gasteiger charge is -2.36. The van der Waals surface area contributed by atoms with E-state index >= 15 is 0 Å². The predicted octanol–water partition coefficient (Wildman–Crippen LogP) is 1.31. The lowest BCUT2D eigenvalue weighted by Crippen LogP contribution is -2.52. The predicted molar refractivity (Wildman–Crippen MR) is 71.0 cm³/mol. The standard InChI is InChI=1S/C13H24N2O4/c1-13(2,3)19-12(18)14-10-8-15(4)6-5-9(10)7-11(16)17/h9-10H,5-8H2,1-4H3,(H,14,18)(H,16,17)/t9-,10+/m0/s1. The molecule has 6 heteroatoms. The molecule has 1 rings (SSSR count). The summed E-state index contributed by atoms with van der Waals surface area (Å²) in [4.78, 5) is 24.7. The lowest BCUT2D eigenvalue weighted by atomic mass is 9.89. The third-order valence-electron chi connectivity index (χ3n) is 3.10. The molecule has 0 bridgehead atoms. The Labute approximate surface area is 114 Å². The van der Waals surface area contributed by atoms with Crippen molar-refractivity contribution in [1.82, 2.24) is 10.2 Å². The van der Waals surface area contributed by atoms with Crippen LogP contribution in [-0.4, -0.2) is 53.8 Å². The van der Waals surface area contributed by atoms with Crippen LogP contribution in [0.4, 0.5) is 4.79 Å². The number of amides is 1. The van der Waals surface area contributed by atoms with Gasteiger partial charge >= 0.3 is 12.1 Å². The van der Waals surface area contributed by atoms with Crippen LogP contribution >= 0.6 is 0 Å². The topological polar surface area (TPSA) is 78.9 Å². The van der Waals surface area contributed by atoms with E-state index in [0.717, 1.165) is 13.0 Å². The third kappa shape index (κ3) is 5.92. The minimum atomic E-state index is -0.828. The summed E-state index contributed by atoms with van der Waals surface area (Å²) in [6.45, 7) is 6.90. The number of likely N-dealkylation sites (N-methyl/N-ethyl adjacent to an activating group) is 1. The monoisotopic (exact) mass is 272 g/mol. The Hall–Kier alpha value is -1.30. The molecule has 1 aliphatic heterocycles. The van der Waals surface area contributed by atoms with E-state index in [1.807, 2.05) is 7.05 Å². The van der Waals surface area contributed by atoms with Gasteiger partial charge in [0.2, 0.25) is 0 Å². The molecule has 0 saturated carbocycles. The Morgan fingerprint density at radius 3 is 2.58 bits per heavy atom. The van der Waals surface area contributed by atoms with Gasteiger partial charge in [0.05, 0.1) is 6.42 Å². The van der Waals surface area contributed by atoms with E-state index in [1.54, 1.807) is 20.8 Å². The van der Waals surface area contributed by atoms with Crippen LogP contribution in [0.15, 0.2) is 0 Å². The zero-order valence-corrected chi connectivity index (χ0v) is 12.1. The number of carboxylic acids is 1. The molecule has 2 N–H and O–H groups in total. The van der Waals surface area contributed by atoms with Crippen molar-refractivity contribution in [3.63, 3.8) is 0 Å². The van der Waals surface area contributed by atoms with E-state index in [0.29, 0.717) is 6.54 Å². The molecule has 1 heterocycles. The summed E-state index contributed by atoms with van der Waals surface area (Å²) in [6, 6.07) is -0.176. The Bertz CT molecular complexity index is 338. The molecule has 1 saturated heterocycles. The summed E-state index contributed by atoms with van der Waals surface area (Å²) in [5.74, 6) is -0.869. The van der Waals surface area contributed by atoms with Crippen molar-refractivity contribution in [2.24, 2.45) is 5.92 Å². The molecule has 110 valence electrons. The molecule has 0 aromatic heterocycles. The lowest BCUT2D eigenvalue weighted by molar-refractivity contribution is -0.138. The number of ether oxygens (including phenoxy) is 1. The van der Waals surface area contributed by atoms with Crippen molar-refractivity contribution in [3.05, 3.63) is 0 Å². The summed E-state index contributed by atoms with van der Waals surface area (Å²) in [5.41, 5.74) is -0.549. The van der Waals surface area contributed by atoms with Gasteiger partial charge < -0.3 is 20.1 Å². The first-order chi connectivity index (χ1) is 8.67. The molecule has 0 radical (unpaired) electrons. The number of nitrogens with one attached hydrogen (secondary N) is 1. The van der Waals surface area contributed by atoms with E-state index < -0.39 is 17.7 Å². The molecular formula is C13H24N2O4. The quantitative estimate of drug-likeness (QED) is 0.809. The number of hydrogen-bond acceptors (Lipinski definition) is 4. The number of hydrogen-bond donors (Lipinski definition) is 2. The fourth-order valence-electron chi connectivity index (χ4n) is 2.25. The van der Waals surface area contributed by atoms with Crippen molar-refractivity contribution >= 4 is 12.1 Å². The Kier molecular flexibility index (Phi) is 5.17. The van der Waals surface area contributed by atoms with E-state index in [-0.39, 0.29) is 18.4 Å². The molecule has 0 aromatic rings. The molecule has 19 heavy (non-hydrogen) atoms. The number of piperidine rings is 1. The van der Waals surface area contributed by atoms with Crippen LogP contribution < -0.4 is 5.32 Å². The van der Waals surface area contributed by atoms with Gasteiger partial charge in [-0.3, -0.25) is 4.79 Å². The van der Waals surface area contributed by atoms with Crippen molar-refractivity contribution in [2.45, 2.75) is 45.3 Å². The number of aliphatic carboxylic acids is 1. The molecule has 0 aliphatic carbocycles. The maximum absolute atomic E-state index is 11.8. The van der Waals surface area contributed by atoms with Crippen molar-refractivity contribution in [3.8, 4) is 0 Å². The highest BCUT2D eigenvalue weighted by molar-refractivity contribution is 5.69. The van der Waals surface area contributed by atoms with Crippen LogP contribution in [0.3, 0.4) is 0 Å². The number of carbonyl (C=O) groups is 2. The molecular weight excluding hydrogens is 248 g/mol. The minimum Gasteiger partial charge on any atom is -0.481 e. The smallest absolute Gasteiger partial charge is 0.407 e. The Morgan fingerprint density at radius 2 is 2.05 bits per heavy atom. The van der Waals surface area contributed by atoms with Gasteiger partial charge in [-0.25, -0.2) is 4.79 Å². The highest BCUT2D eigenvalue weighted by atomic mass is 16.6. The van der Waals surface area contributed by atoms with Gasteiger partial charge in [0, 0.05) is 12.6 Å². The van der Waals surface area contributed by atoms with Gasteiger partial charge in [-0.05, 0) is 46.7 Å². The highest BCUT2D eigenvalue weighted by Gasteiger charge is 2.31. The second-order valence-corrected chi connectivity index (χ2v) is 6.16. The molecule has 1 fully saturated rings. The zero-order valence-electron chi connectivity index (χ0n) is 12.1. The van der Waals surface area contributed by atoms with Gasteiger partial charge in [-0.15, -0.1) is 0 Å². The number of rotatable bonds is 3. The van der Waals surface area contributed by atoms with Crippen LogP contribution in [0, 0.1) is 5.92 Å². The van der Waals surface area contributed by atoms with Crippen LogP contribution in [0.1, 0.15) is 33.6 Å². The van der Waals surface area contributed by atoms with Crippen molar-refractivity contribution in [2.75, 3.05) is 20.1 Å². The molecule has 0 spiro atoms. The molecule has 2 atom stereocenters. The maximum Gasteiger partial charge on any atom is 0.407 e. The van der Waals surface area contributed by atoms with E-state index in [9.17, 15) is 9.59 Å². The van der Waals surface area contributed by atoms with Gasteiger partial charge in [-0.2, -0.15) is 0 Å². The number of carboxylic acid groups (broad SMARTS) is 1. The Morgan fingerprint density at radius 1 is 1.42 bits per heavy atom. The third-order valence-corrected chi connectivity index (χ3v) is 3.10. The first-order valence-electron chi connectivity index (χ1n) is 6.57. The largest absolute Gasteiger partial charge is 0.481 e. The molecule has 6 nitrogen and oxygen atoms in total. The van der Waals surface area contributed by atoms with E-state index in [2.05, 4.69) is 10.2 Å². The normalized spacial score (nSPS) is 24.8. The van der Waals surface area contributed by atoms with Gasteiger partial charge in [-0.1, -0.05) is 0 Å². The summed E-state index contributed by atoms with van der Waals surface area (Å²) < 4.78 is 5.21. The van der Waals surface area contributed by atoms with Crippen LogP contribution in [0.5, 0.6) is 0 Å². The van der Waals surface area contributed by atoms with E-state index in [4.69, 9.17) is 9.84 Å². The molecule has 0 unspecified atom stereocenters. The summed E-state index contributed by atoms with van der Waals surface area (Å²) in [5, 5.41) is 11.7. The maximum atomic E-state index is 11.8. The zero-order chi connectivity index (χ0) is 14.6. The average Bonchev–Trinajstić information content (AvgIpc) is 2.18. The van der Waals surface area contributed by atoms with Gasteiger partial charge in [0.25, 0.3) is 0 Å². The second-order valence-electron chi connectivity index (χ2n) is 6.16. The first kappa shape index (κ1) is 15.8.